The Balaban J connectivity index is 1.14. The number of ether oxygens (including phenoxy) is 2. The van der Waals surface area contributed by atoms with E-state index in [2.05, 4.69) is 38.8 Å². The van der Waals surface area contributed by atoms with E-state index in [0.29, 0.717) is 30.4 Å². The van der Waals surface area contributed by atoms with Gasteiger partial charge in [0.05, 0.1) is 18.8 Å². The minimum atomic E-state index is -0.558. The number of hydrogen-bond donors (Lipinski definition) is 3. The van der Waals surface area contributed by atoms with Crippen LogP contribution >= 0.6 is 11.8 Å². The number of thioether (sulfide) groups is 1. The molecule has 0 bridgehead atoms. The van der Waals surface area contributed by atoms with E-state index in [0.717, 1.165) is 38.9 Å². The molecule has 1 fully saturated rings. The third-order valence-corrected chi connectivity index (χ3v) is 8.81. The van der Waals surface area contributed by atoms with Gasteiger partial charge in [0.15, 0.2) is 11.4 Å². The Kier molecular flexibility index (Phi) is 10.7. The summed E-state index contributed by atoms with van der Waals surface area (Å²) in [7, 11) is 0. The molecule has 0 saturated carbocycles. The van der Waals surface area contributed by atoms with Crippen molar-refractivity contribution in [2.45, 2.75) is 49.8 Å². The molecule has 8 nitrogen and oxygen atoms in total. The second-order valence-corrected chi connectivity index (χ2v) is 12.0. The highest BCUT2D eigenvalue weighted by molar-refractivity contribution is 7.99. The van der Waals surface area contributed by atoms with Gasteiger partial charge in [0.2, 0.25) is 0 Å². The first-order valence-corrected chi connectivity index (χ1v) is 16.3. The summed E-state index contributed by atoms with van der Waals surface area (Å²) in [4.78, 5) is 21.2. The Labute approximate surface area is 273 Å². The third-order valence-electron chi connectivity index (χ3n) is 7.80. The number of aliphatic hydroxyl groups excluding tert-OH is 1. The summed E-state index contributed by atoms with van der Waals surface area (Å²) in [5.74, 6) is 0.687. The van der Waals surface area contributed by atoms with Crippen LogP contribution in [0.4, 0.5) is 4.79 Å². The number of nitrogens with zero attached hydrogens (tertiary/aromatic N) is 2. The summed E-state index contributed by atoms with van der Waals surface area (Å²) >= 11 is 1.57. The number of aromatic nitrogens is 2. The minimum Gasteiger partial charge on any atom is -0.392 e. The lowest BCUT2D eigenvalue weighted by Crippen LogP contribution is -2.34. The lowest BCUT2D eigenvalue weighted by Gasteiger charge is -2.36. The van der Waals surface area contributed by atoms with E-state index < -0.39 is 6.29 Å². The second-order valence-electron chi connectivity index (χ2n) is 11.0. The van der Waals surface area contributed by atoms with Gasteiger partial charge >= 0.3 is 6.03 Å². The van der Waals surface area contributed by atoms with Crippen molar-refractivity contribution in [2.75, 3.05) is 5.75 Å². The molecule has 1 aliphatic rings. The van der Waals surface area contributed by atoms with Crippen molar-refractivity contribution in [3.05, 3.63) is 149 Å². The molecule has 234 valence electrons. The Hall–Kier alpha value is -4.54. The summed E-state index contributed by atoms with van der Waals surface area (Å²) < 4.78 is 13.0. The van der Waals surface area contributed by atoms with Crippen LogP contribution in [0.3, 0.4) is 0 Å². The molecule has 2 amide bonds. The van der Waals surface area contributed by atoms with Crippen LogP contribution in [-0.4, -0.2) is 33.0 Å². The van der Waals surface area contributed by atoms with E-state index >= 15 is 0 Å². The monoisotopic (exact) mass is 632 g/mol. The molecule has 5 aromatic rings. The standard InChI is InChI=1S/C37H36N4O4S/c42-24-27-11-13-29(14-12-27)34-21-32(25-46-37-38-19-6-20-39-37)44-35(45-34)30-17-15-28(16-18-30)33-10-5-4-9-31(33)23-41-36(43)40-22-26-7-2-1-3-8-26/h1-20,32,34-35,42H,21-25H2,(H2,40,41,43)/t32-,34+,35+/m0/s1. The van der Waals surface area contributed by atoms with E-state index in [1.807, 2.05) is 84.9 Å². The van der Waals surface area contributed by atoms with Crippen molar-refractivity contribution in [3.63, 3.8) is 0 Å². The van der Waals surface area contributed by atoms with Crippen LogP contribution in [0.25, 0.3) is 11.1 Å². The first-order chi connectivity index (χ1) is 22.6. The van der Waals surface area contributed by atoms with Crippen LogP contribution in [0.5, 0.6) is 0 Å². The van der Waals surface area contributed by atoms with Gasteiger partial charge in [-0.05, 0) is 39.4 Å². The molecule has 3 N–H and O–H groups in total. The zero-order valence-electron chi connectivity index (χ0n) is 25.3. The molecule has 1 aromatic heterocycles. The number of nitrogens with one attached hydrogen (secondary N) is 2. The molecule has 3 atom stereocenters. The van der Waals surface area contributed by atoms with Gasteiger partial charge in [0.1, 0.15) is 0 Å². The van der Waals surface area contributed by atoms with Gasteiger partial charge in [-0.1, -0.05) is 115 Å². The van der Waals surface area contributed by atoms with Gasteiger partial charge in [-0.25, -0.2) is 14.8 Å². The van der Waals surface area contributed by atoms with Gasteiger partial charge in [-0.15, -0.1) is 0 Å². The first kappa shape index (κ1) is 31.4. The summed E-state index contributed by atoms with van der Waals surface area (Å²) in [6, 6.07) is 35.6. The smallest absolute Gasteiger partial charge is 0.315 e. The highest BCUT2D eigenvalue weighted by Crippen LogP contribution is 2.39. The van der Waals surface area contributed by atoms with E-state index in [1.54, 1.807) is 30.2 Å². The summed E-state index contributed by atoms with van der Waals surface area (Å²) in [6.45, 7) is 0.866. The largest absolute Gasteiger partial charge is 0.392 e. The van der Waals surface area contributed by atoms with Crippen molar-refractivity contribution < 1.29 is 19.4 Å². The lowest BCUT2D eigenvalue weighted by atomic mass is 9.98. The van der Waals surface area contributed by atoms with Crippen molar-refractivity contribution in [1.29, 1.82) is 0 Å². The zero-order chi connectivity index (χ0) is 31.6. The van der Waals surface area contributed by atoms with E-state index in [9.17, 15) is 9.90 Å². The number of rotatable bonds is 11. The van der Waals surface area contributed by atoms with Gasteiger partial charge < -0.3 is 25.2 Å². The average molecular weight is 633 g/mol. The predicted octanol–water partition coefficient (Wildman–Crippen LogP) is 6.97. The Morgan fingerprint density at radius 3 is 2.22 bits per heavy atom. The maximum absolute atomic E-state index is 12.5. The maximum Gasteiger partial charge on any atom is 0.315 e. The molecule has 0 unspecified atom stereocenters. The maximum atomic E-state index is 12.5. The molecular formula is C37H36N4O4S. The topological polar surface area (TPSA) is 106 Å². The highest BCUT2D eigenvalue weighted by atomic mass is 32.2. The van der Waals surface area contributed by atoms with Crippen LogP contribution in [0.1, 0.15) is 46.6 Å². The van der Waals surface area contributed by atoms with E-state index in [-0.39, 0.29) is 24.8 Å². The molecule has 0 aliphatic carbocycles. The molecular weight excluding hydrogens is 596 g/mol. The number of benzene rings is 4. The van der Waals surface area contributed by atoms with Crippen LogP contribution in [-0.2, 0) is 29.2 Å². The van der Waals surface area contributed by atoms with Crippen molar-refractivity contribution in [3.8, 4) is 11.1 Å². The fourth-order valence-electron chi connectivity index (χ4n) is 5.34. The number of urea groups is 1. The second kappa shape index (κ2) is 15.6. The van der Waals surface area contributed by atoms with Gasteiger partial charge in [0.25, 0.3) is 0 Å². The molecule has 2 heterocycles. The van der Waals surface area contributed by atoms with Crippen LogP contribution in [0.2, 0.25) is 0 Å². The van der Waals surface area contributed by atoms with E-state index in [4.69, 9.17) is 9.47 Å². The number of hydrogen-bond acceptors (Lipinski definition) is 7. The fourth-order valence-corrected chi connectivity index (χ4v) is 6.16. The molecule has 0 radical (unpaired) electrons. The Morgan fingerprint density at radius 2 is 1.46 bits per heavy atom. The zero-order valence-corrected chi connectivity index (χ0v) is 26.1. The first-order valence-electron chi connectivity index (χ1n) is 15.3. The number of carbonyl (C=O) groups is 1. The van der Waals surface area contributed by atoms with Crippen LogP contribution in [0.15, 0.2) is 127 Å². The third kappa shape index (κ3) is 8.38. The van der Waals surface area contributed by atoms with Crippen molar-refractivity contribution in [2.24, 2.45) is 0 Å². The lowest BCUT2D eigenvalue weighted by molar-refractivity contribution is -0.245. The molecule has 1 saturated heterocycles. The minimum absolute atomic E-state index is 0.000869. The predicted molar refractivity (Wildman–Crippen MR) is 179 cm³/mol. The normalized spacial score (nSPS) is 17.7. The Bertz CT molecular complexity index is 1690. The quantitative estimate of drug-likeness (QED) is 0.107. The van der Waals surface area contributed by atoms with Crippen LogP contribution in [0, 0.1) is 0 Å². The summed E-state index contributed by atoms with van der Waals surface area (Å²) in [5.41, 5.74) is 6.96. The number of aliphatic hydroxyl groups is 1. The van der Waals surface area contributed by atoms with Gasteiger partial charge in [-0.3, -0.25) is 0 Å². The highest BCUT2D eigenvalue weighted by Gasteiger charge is 2.32. The van der Waals surface area contributed by atoms with Gasteiger partial charge in [-0.2, -0.15) is 0 Å². The summed E-state index contributed by atoms with van der Waals surface area (Å²) in [6.07, 6.45) is 3.35. The fraction of sp³-hybridized carbons (Fsp3) is 0.216. The molecule has 1 aliphatic heterocycles. The molecule has 4 aromatic carbocycles. The SMILES string of the molecule is O=C(NCc1ccccc1)NCc1ccccc1-c1ccc([C@@H]2O[C@H](CSc3ncccn3)C[C@H](c3ccc(CO)cc3)O2)cc1. The van der Waals surface area contributed by atoms with Crippen molar-refractivity contribution >= 4 is 17.8 Å². The van der Waals surface area contributed by atoms with Crippen molar-refractivity contribution in [1.82, 2.24) is 20.6 Å². The molecule has 0 spiro atoms. The average Bonchev–Trinajstić information content (AvgIpc) is 3.13. The number of amides is 2. The molecule has 46 heavy (non-hydrogen) atoms. The Morgan fingerprint density at radius 1 is 0.761 bits per heavy atom. The number of carbonyl (C=O) groups excluding carboxylic acids is 1. The summed E-state index contributed by atoms with van der Waals surface area (Å²) in [5, 5.41) is 16.1. The van der Waals surface area contributed by atoms with E-state index in [1.165, 1.54) is 0 Å². The molecule has 9 heteroatoms. The van der Waals surface area contributed by atoms with Gasteiger partial charge in [0, 0.05) is 43.2 Å². The molecule has 6 rings (SSSR count). The van der Waals surface area contributed by atoms with Crippen LogP contribution < -0.4 is 10.6 Å².